The first kappa shape index (κ1) is 11.0. The summed E-state index contributed by atoms with van der Waals surface area (Å²) in [6.07, 6.45) is 4.47. The van der Waals surface area contributed by atoms with Crippen LogP contribution in [0.2, 0.25) is 0 Å². The molecule has 0 unspecified atom stereocenters. The van der Waals surface area contributed by atoms with Crippen LogP contribution < -0.4 is 4.72 Å². The zero-order valence-corrected chi connectivity index (χ0v) is 9.44. The van der Waals surface area contributed by atoms with Crippen LogP contribution in [-0.4, -0.2) is 24.3 Å². The maximum atomic E-state index is 11.6. The van der Waals surface area contributed by atoms with Crippen molar-refractivity contribution >= 4 is 15.9 Å². The summed E-state index contributed by atoms with van der Waals surface area (Å²) < 4.78 is 25.3. The Hall–Kier alpha value is -1.50. The molecule has 7 heteroatoms. The average Bonchev–Trinajstić information content (AvgIpc) is 2.96. The summed E-state index contributed by atoms with van der Waals surface area (Å²) in [5, 5.41) is -0.239. The summed E-state index contributed by atoms with van der Waals surface area (Å²) in [5.41, 5.74) is 0. The van der Waals surface area contributed by atoms with Crippen molar-refractivity contribution in [3.63, 3.8) is 0 Å². The molecule has 2 rings (SSSR count). The molecule has 0 aromatic carbocycles. The summed E-state index contributed by atoms with van der Waals surface area (Å²) in [6.45, 7) is 1.90. The highest BCUT2D eigenvalue weighted by Gasteiger charge is 2.40. The molecule has 1 aromatic heterocycles. The second-order valence-electron chi connectivity index (χ2n) is 3.83. The van der Waals surface area contributed by atoms with Crippen LogP contribution in [0.4, 0.5) is 0 Å². The molecule has 1 aliphatic carbocycles. The fourth-order valence-electron chi connectivity index (χ4n) is 1.37. The number of hydrogen-bond acceptors (Lipinski definition) is 5. The Morgan fingerprint density at radius 2 is 2.19 bits per heavy atom. The molecule has 6 nitrogen and oxygen atoms in total. The first-order valence-corrected chi connectivity index (χ1v) is 6.31. The van der Waals surface area contributed by atoms with E-state index in [2.05, 4.69) is 9.97 Å². The average molecular weight is 241 g/mol. The molecule has 86 valence electrons. The molecule has 1 aliphatic rings. The number of carbonyl (C=O) groups excluding carboxylic acids is 1. The summed E-state index contributed by atoms with van der Waals surface area (Å²) in [5.74, 6) is -0.387. The second-order valence-corrected chi connectivity index (χ2v) is 5.46. The fourth-order valence-corrected chi connectivity index (χ4v) is 2.29. The summed E-state index contributed by atoms with van der Waals surface area (Å²) in [4.78, 5) is 18.7. The van der Waals surface area contributed by atoms with Crippen LogP contribution in [-0.2, 0) is 14.8 Å². The van der Waals surface area contributed by atoms with Gasteiger partial charge in [-0.3, -0.25) is 9.78 Å². The van der Waals surface area contributed by atoms with Crippen LogP contribution in [0.5, 0.6) is 0 Å². The highest BCUT2D eigenvalue weighted by Crippen LogP contribution is 2.37. The number of hydrogen-bond donors (Lipinski definition) is 1. The topological polar surface area (TPSA) is 89.0 Å². The predicted molar refractivity (Wildman–Crippen MR) is 54.6 cm³/mol. The fraction of sp³-hybridized carbons (Fsp3) is 0.444. The van der Waals surface area contributed by atoms with E-state index in [1.807, 2.05) is 11.6 Å². The number of nitrogens with one attached hydrogen (secondary N) is 1. The number of carbonyl (C=O) groups is 1. The van der Waals surface area contributed by atoms with Crippen molar-refractivity contribution in [2.45, 2.75) is 18.4 Å². The third-order valence-corrected chi connectivity index (χ3v) is 3.73. The first-order chi connectivity index (χ1) is 7.50. The molecule has 0 spiro atoms. The van der Waals surface area contributed by atoms with Gasteiger partial charge in [-0.05, 0) is 12.3 Å². The maximum absolute atomic E-state index is 11.6. The Kier molecular flexibility index (Phi) is 2.63. The van der Waals surface area contributed by atoms with Gasteiger partial charge in [-0.25, -0.2) is 9.71 Å². The minimum Gasteiger partial charge on any atom is -0.274 e. The Labute approximate surface area is 93.2 Å². The lowest BCUT2D eigenvalue weighted by molar-refractivity contribution is -0.120. The Morgan fingerprint density at radius 3 is 2.69 bits per heavy atom. The van der Waals surface area contributed by atoms with E-state index in [-0.39, 0.29) is 16.9 Å². The number of rotatable bonds is 3. The van der Waals surface area contributed by atoms with Crippen molar-refractivity contribution in [2.75, 3.05) is 0 Å². The molecule has 1 saturated carbocycles. The van der Waals surface area contributed by atoms with E-state index in [0.717, 1.165) is 12.6 Å². The van der Waals surface area contributed by atoms with Crippen LogP contribution in [0.3, 0.4) is 0 Å². The SMILES string of the molecule is C[C@@H]1C[C@@H]1C(=O)NS(=O)(=O)c1cnccn1. The molecule has 2 atom stereocenters. The van der Waals surface area contributed by atoms with Crippen LogP contribution >= 0.6 is 0 Å². The van der Waals surface area contributed by atoms with E-state index in [4.69, 9.17) is 0 Å². The van der Waals surface area contributed by atoms with Crippen molar-refractivity contribution in [3.05, 3.63) is 18.6 Å². The van der Waals surface area contributed by atoms with Gasteiger partial charge < -0.3 is 0 Å². The monoisotopic (exact) mass is 241 g/mol. The third-order valence-electron chi connectivity index (χ3n) is 2.50. The number of amides is 1. The highest BCUT2D eigenvalue weighted by atomic mass is 32.2. The van der Waals surface area contributed by atoms with E-state index in [0.29, 0.717) is 0 Å². The van der Waals surface area contributed by atoms with Gasteiger partial charge >= 0.3 is 0 Å². The minimum absolute atomic E-state index is 0.188. The zero-order valence-electron chi connectivity index (χ0n) is 8.62. The minimum atomic E-state index is -3.86. The van der Waals surface area contributed by atoms with Gasteiger partial charge in [0.2, 0.25) is 5.91 Å². The number of nitrogens with zero attached hydrogens (tertiary/aromatic N) is 2. The van der Waals surface area contributed by atoms with Crippen molar-refractivity contribution in [1.82, 2.24) is 14.7 Å². The van der Waals surface area contributed by atoms with Crippen molar-refractivity contribution in [2.24, 2.45) is 11.8 Å². The van der Waals surface area contributed by atoms with Crippen LogP contribution in [0.15, 0.2) is 23.6 Å². The molecule has 0 bridgehead atoms. The number of sulfonamides is 1. The van der Waals surface area contributed by atoms with Gasteiger partial charge in [0.05, 0.1) is 6.20 Å². The number of aromatic nitrogens is 2. The van der Waals surface area contributed by atoms with Crippen molar-refractivity contribution in [1.29, 1.82) is 0 Å². The molecule has 1 amide bonds. The molecule has 16 heavy (non-hydrogen) atoms. The Bertz CT molecular complexity index is 500. The summed E-state index contributed by atoms with van der Waals surface area (Å²) in [7, 11) is -3.86. The third kappa shape index (κ3) is 2.19. The molecule has 1 N–H and O–H groups in total. The van der Waals surface area contributed by atoms with Gasteiger partial charge in [-0.2, -0.15) is 8.42 Å². The van der Waals surface area contributed by atoms with Gasteiger partial charge in [-0.1, -0.05) is 6.92 Å². The Balaban J connectivity index is 2.12. The quantitative estimate of drug-likeness (QED) is 0.800. The lowest BCUT2D eigenvalue weighted by atomic mass is 10.3. The molecule has 0 saturated heterocycles. The van der Waals surface area contributed by atoms with Gasteiger partial charge in [0.25, 0.3) is 10.0 Å². The molecular weight excluding hydrogens is 230 g/mol. The van der Waals surface area contributed by atoms with Gasteiger partial charge in [0.1, 0.15) is 0 Å². The lowest BCUT2D eigenvalue weighted by Gasteiger charge is -2.04. The predicted octanol–water partition coefficient (Wildman–Crippen LogP) is -0.0625. The van der Waals surface area contributed by atoms with Crippen molar-refractivity contribution < 1.29 is 13.2 Å². The molecule has 0 radical (unpaired) electrons. The zero-order chi connectivity index (χ0) is 11.8. The van der Waals surface area contributed by atoms with E-state index in [9.17, 15) is 13.2 Å². The van der Waals surface area contributed by atoms with E-state index >= 15 is 0 Å². The first-order valence-electron chi connectivity index (χ1n) is 4.83. The molecule has 1 fully saturated rings. The van der Waals surface area contributed by atoms with Crippen LogP contribution in [0, 0.1) is 11.8 Å². The maximum Gasteiger partial charge on any atom is 0.283 e. The highest BCUT2D eigenvalue weighted by molar-refractivity contribution is 7.90. The second kappa shape index (κ2) is 3.82. The smallest absolute Gasteiger partial charge is 0.274 e. The summed E-state index contributed by atoms with van der Waals surface area (Å²) in [6, 6.07) is 0. The Morgan fingerprint density at radius 1 is 1.50 bits per heavy atom. The standard InChI is InChI=1S/C9H11N3O3S/c1-6-4-7(6)9(13)12-16(14,15)8-5-10-2-3-11-8/h2-3,5-7H,4H2,1H3,(H,12,13)/t6-,7+/m1/s1. The molecule has 1 aromatic rings. The van der Waals surface area contributed by atoms with E-state index in [1.54, 1.807) is 0 Å². The van der Waals surface area contributed by atoms with E-state index in [1.165, 1.54) is 12.4 Å². The molecule has 0 aliphatic heterocycles. The van der Waals surface area contributed by atoms with E-state index < -0.39 is 15.9 Å². The summed E-state index contributed by atoms with van der Waals surface area (Å²) >= 11 is 0. The van der Waals surface area contributed by atoms with Crippen LogP contribution in [0.25, 0.3) is 0 Å². The normalized spacial score (nSPS) is 23.8. The van der Waals surface area contributed by atoms with Gasteiger partial charge in [-0.15, -0.1) is 0 Å². The van der Waals surface area contributed by atoms with Crippen molar-refractivity contribution in [3.8, 4) is 0 Å². The molecular formula is C9H11N3O3S. The van der Waals surface area contributed by atoms with Crippen LogP contribution in [0.1, 0.15) is 13.3 Å². The molecule has 1 heterocycles. The van der Waals surface area contributed by atoms with Gasteiger partial charge in [0.15, 0.2) is 5.03 Å². The van der Waals surface area contributed by atoms with Gasteiger partial charge in [0, 0.05) is 18.3 Å². The lowest BCUT2D eigenvalue weighted by Crippen LogP contribution is -2.32. The largest absolute Gasteiger partial charge is 0.283 e.